The summed E-state index contributed by atoms with van der Waals surface area (Å²) in [6, 6.07) is 14.1. The van der Waals surface area contributed by atoms with Gasteiger partial charge in [-0.1, -0.05) is 31.2 Å². The van der Waals surface area contributed by atoms with Crippen molar-refractivity contribution in [1.29, 1.82) is 0 Å². The molecule has 1 aliphatic heterocycles. The lowest BCUT2D eigenvalue weighted by atomic mass is 10.1. The molecule has 146 valence electrons. The fourth-order valence-electron chi connectivity index (χ4n) is 3.17. The highest BCUT2D eigenvalue weighted by atomic mass is 79.9. The highest BCUT2D eigenvalue weighted by Crippen LogP contribution is 2.22. The lowest BCUT2D eigenvalue weighted by Crippen LogP contribution is -2.50. The summed E-state index contributed by atoms with van der Waals surface area (Å²) in [7, 11) is 0. The summed E-state index contributed by atoms with van der Waals surface area (Å²) in [5.74, 6) is -0.328. The maximum atomic E-state index is 13.0. The van der Waals surface area contributed by atoms with Gasteiger partial charge in [-0.25, -0.2) is 0 Å². The molecule has 1 fully saturated rings. The van der Waals surface area contributed by atoms with E-state index in [-0.39, 0.29) is 17.7 Å². The second-order valence-corrected chi connectivity index (χ2v) is 7.36. The zero-order chi connectivity index (χ0) is 20.1. The number of anilines is 1. The summed E-state index contributed by atoms with van der Waals surface area (Å²) in [5.41, 5.74) is 1.41. The fraction of sp³-hybridized carbons (Fsp3) is 0.286. The number of carbonyl (C=O) groups is 3. The number of piperazine rings is 1. The van der Waals surface area contributed by atoms with E-state index in [2.05, 4.69) is 21.2 Å². The van der Waals surface area contributed by atoms with Gasteiger partial charge < -0.3 is 15.1 Å². The molecule has 0 aliphatic carbocycles. The molecule has 2 aromatic rings. The molecular weight excluding hydrogens is 422 g/mol. The molecule has 28 heavy (non-hydrogen) atoms. The minimum absolute atomic E-state index is 0.105. The zero-order valence-corrected chi connectivity index (χ0v) is 17.2. The number of nitrogens with one attached hydrogen (secondary N) is 1. The number of rotatable bonds is 4. The quantitative estimate of drug-likeness (QED) is 0.786. The van der Waals surface area contributed by atoms with E-state index < -0.39 is 0 Å². The van der Waals surface area contributed by atoms with Crippen molar-refractivity contribution in [3.05, 3.63) is 64.1 Å². The Kier molecular flexibility index (Phi) is 6.46. The van der Waals surface area contributed by atoms with Gasteiger partial charge in [0.2, 0.25) is 5.91 Å². The van der Waals surface area contributed by atoms with Gasteiger partial charge in [0.15, 0.2) is 0 Å². The maximum Gasteiger partial charge on any atom is 0.256 e. The van der Waals surface area contributed by atoms with Crippen molar-refractivity contribution in [2.24, 2.45) is 0 Å². The molecule has 0 saturated carbocycles. The molecule has 1 aliphatic rings. The average Bonchev–Trinajstić information content (AvgIpc) is 2.73. The Morgan fingerprint density at radius 1 is 0.893 bits per heavy atom. The van der Waals surface area contributed by atoms with Crippen molar-refractivity contribution in [1.82, 2.24) is 9.80 Å². The molecule has 2 aromatic carbocycles. The van der Waals surface area contributed by atoms with Gasteiger partial charge >= 0.3 is 0 Å². The Bertz CT molecular complexity index is 892. The summed E-state index contributed by atoms with van der Waals surface area (Å²) in [4.78, 5) is 41.0. The van der Waals surface area contributed by atoms with Crippen LogP contribution in [0.25, 0.3) is 0 Å². The van der Waals surface area contributed by atoms with Crippen LogP contribution in [0.3, 0.4) is 0 Å². The second kappa shape index (κ2) is 9.01. The SMILES string of the molecule is CCC(=O)N1CCN(C(=O)c2ccccc2NC(=O)c2ccccc2Br)CC1. The van der Waals surface area contributed by atoms with Gasteiger partial charge in [0.25, 0.3) is 11.8 Å². The Hall–Kier alpha value is -2.67. The number of para-hydroxylation sites is 1. The Balaban J connectivity index is 1.74. The summed E-state index contributed by atoms with van der Waals surface area (Å²) in [6.45, 7) is 3.87. The number of carbonyl (C=O) groups excluding carboxylic acids is 3. The van der Waals surface area contributed by atoms with Crippen molar-refractivity contribution >= 4 is 39.3 Å². The van der Waals surface area contributed by atoms with E-state index in [1.807, 2.05) is 13.0 Å². The summed E-state index contributed by atoms with van der Waals surface area (Å²) in [6.07, 6.45) is 0.470. The molecule has 0 spiro atoms. The van der Waals surface area contributed by atoms with Gasteiger partial charge in [-0.2, -0.15) is 0 Å². The molecule has 3 amide bonds. The van der Waals surface area contributed by atoms with E-state index in [1.165, 1.54) is 0 Å². The molecule has 0 atom stereocenters. The van der Waals surface area contributed by atoms with Crippen molar-refractivity contribution in [3.63, 3.8) is 0 Å². The molecule has 1 heterocycles. The molecular formula is C21H22BrN3O3. The van der Waals surface area contributed by atoms with Crippen LogP contribution in [-0.4, -0.2) is 53.7 Å². The van der Waals surface area contributed by atoms with E-state index >= 15 is 0 Å². The van der Waals surface area contributed by atoms with Gasteiger partial charge in [0, 0.05) is 37.1 Å². The third-order valence-electron chi connectivity index (χ3n) is 4.75. The third-order valence-corrected chi connectivity index (χ3v) is 5.44. The van der Waals surface area contributed by atoms with Gasteiger partial charge in [-0.3, -0.25) is 14.4 Å². The van der Waals surface area contributed by atoms with Crippen LogP contribution in [0.2, 0.25) is 0 Å². The number of amides is 3. The largest absolute Gasteiger partial charge is 0.339 e. The standard InChI is InChI=1S/C21H22BrN3O3/c1-2-19(26)24-11-13-25(14-12-24)21(28)16-8-4-6-10-18(16)23-20(27)15-7-3-5-9-17(15)22/h3-10H,2,11-14H2,1H3,(H,23,27). The predicted octanol–water partition coefficient (Wildman–Crippen LogP) is 3.40. The number of hydrogen-bond donors (Lipinski definition) is 1. The van der Waals surface area contributed by atoms with Crippen molar-refractivity contribution in [2.45, 2.75) is 13.3 Å². The normalized spacial score (nSPS) is 13.9. The van der Waals surface area contributed by atoms with Crippen molar-refractivity contribution in [3.8, 4) is 0 Å². The number of nitrogens with zero attached hydrogens (tertiary/aromatic N) is 2. The predicted molar refractivity (Wildman–Crippen MR) is 111 cm³/mol. The fourth-order valence-corrected chi connectivity index (χ4v) is 3.63. The highest BCUT2D eigenvalue weighted by Gasteiger charge is 2.25. The average molecular weight is 444 g/mol. The summed E-state index contributed by atoms with van der Waals surface area (Å²) in [5, 5.41) is 2.84. The van der Waals surface area contributed by atoms with E-state index in [0.29, 0.717) is 53.9 Å². The lowest BCUT2D eigenvalue weighted by molar-refractivity contribution is -0.132. The van der Waals surface area contributed by atoms with Gasteiger partial charge in [0.05, 0.1) is 16.8 Å². The molecule has 6 nitrogen and oxygen atoms in total. The molecule has 7 heteroatoms. The Labute approximate surface area is 172 Å². The molecule has 0 unspecified atom stereocenters. The van der Waals surface area contributed by atoms with Crippen LogP contribution in [0.15, 0.2) is 53.0 Å². The van der Waals surface area contributed by atoms with Crippen LogP contribution in [0.1, 0.15) is 34.1 Å². The minimum atomic E-state index is -0.286. The monoisotopic (exact) mass is 443 g/mol. The number of hydrogen-bond acceptors (Lipinski definition) is 3. The smallest absolute Gasteiger partial charge is 0.256 e. The van der Waals surface area contributed by atoms with Gasteiger partial charge in [-0.15, -0.1) is 0 Å². The van der Waals surface area contributed by atoms with Crippen LogP contribution in [0, 0.1) is 0 Å². The Morgan fingerprint density at radius 2 is 1.46 bits per heavy atom. The van der Waals surface area contributed by atoms with E-state index in [1.54, 1.807) is 52.3 Å². The zero-order valence-electron chi connectivity index (χ0n) is 15.7. The van der Waals surface area contributed by atoms with Crippen molar-refractivity contribution in [2.75, 3.05) is 31.5 Å². The van der Waals surface area contributed by atoms with Gasteiger partial charge in [-0.05, 0) is 40.2 Å². The van der Waals surface area contributed by atoms with Gasteiger partial charge in [0.1, 0.15) is 0 Å². The van der Waals surface area contributed by atoms with Crippen LogP contribution >= 0.6 is 15.9 Å². The maximum absolute atomic E-state index is 13.0. The first-order chi connectivity index (χ1) is 13.5. The molecule has 0 bridgehead atoms. The number of benzene rings is 2. The first kappa shape index (κ1) is 20.1. The topological polar surface area (TPSA) is 69.7 Å². The summed E-state index contributed by atoms with van der Waals surface area (Å²) >= 11 is 3.38. The van der Waals surface area contributed by atoms with Crippen LogP contribution < -0.4 is 5.32 Å². The third kappa shape index (κ3) is 4.42. The van der Waals surface area contributed by atoms with E-state index in [0.717, 1.165) is 0 Å². The van der Waals surface area contributed by atoms with E-state index in [9.17, 15) is 14.4 Å². The highest BCUT2D eigenvalue weighted by molar-refractivity contribution is 9.10. The molecule has 0 radical (unpaired) electrons. The number of halogens is 1. The van der Waals surface area contributed by atoms with Crippen LogP contribution in [0.4, 0.5) is 5.69 Å². The first-order valence-corrected chi connectivity index (χ1v) is 10.0. The van der Waals surface area contributed by atoms with E-state index in [4.69, 9.17) is 0 Å². The van der Waals surface area contributed by atoms with Crippen molar-refractivity contribution < 1.29 is 14.4 Å². The molecule has 1 saturated heterocycles. The molecule has 1 N–H and O–H groups in total. The first-order valence-electron chi connectivity index (χ1n) is 9.23. The summed E-state index contributed by atoms with van der Waals surface area (Å²) < 4.78 is 0.688. The van der Waals surface area contributed by atoms with Crippen LogP contribution in [0.5, 0.6) is 0 Å². The second-order valence-electron chi connectivity index (χ2n) is 6.51. The lowest BCUT2D eigenvalue weighted by Gasteiger charge is -2.35. The minimum Gasteiger partial charge on any atom is -0.339 e. The molecule has 3 rings (SSSR count). The van der Waals surface area contributed by atoms with Crippen LogP contribution in [-0.2, 0) is 4.79 Å². The molecule has 0 aromatic heterocycles. The Morgan fingerprint density at radius 3 is 2.11 bits per heavy atom.